The number of esters is 1. The molecule has 0 aliphatic heterocycles. The van der Waals surface area contributed by atoms with Crippen molar-refractivity contribution in [3.63, 3.8) is 0 Å². The van der Waals surface area contributed by atoms with E-state index in [-0.39, 0.29) is 5.97 Å². The molecule has 1 N–H and O–H groups in total. The number of rotatable bonds is 5. The summed E-state index contributed by atoms with van der Waals surface area (Å²) >= 11 is 0. The molecule has 0 heterocycles. The maximum absolute atomic E-state index is 10.9. The summed E-state index contributed by atoms with van der Waals surface area (Å²) in [7, 11) is 0. The first kappa shape index (κ1) is 14.7. The van der Waals surface area contributed by atoms with Gasteiger partial charge in [0, 0.05) is 6.92 Å². The lowest BCUT2D eigenvalue weighted by Crippen LogP contribution is -3.11. The van der Waals surface area contributed by atoms with E-state index in [1.165, 1.54) is 11.8 Å². The van der Waals surface area contributed by atoms with Crippen LogP contribution in [0.2, 0.25) is 0 Å². The Bertz CT molecular complexity index is 297. The maximum Gasteiger partial charge on any atom is 0.304 e. The maximum atomic E-state index is 10.9. The second-order valence-electron chi connectivity index (χ2n) is 3.84. The summed E-state index contributed by atoms with van der Waals surface area (Å²) < 4.78 is 5.10. The Morgan fingerprint density at radius 2 is 2.06 bits per heavy atom. The van der Waals surface area contributed by atoms with Crippen molar-refractivity contribution in [1.29, 1.82) is 0 Å². The van der Waals surface area contributed by atoms with Crippen LogP contribution in [0.25, 0.3) is 0 Å². The van der Waals surface area contributed by atoms with Gasteiger partial charge in [-0.15, -0.1) is 0 Å². The SMILES string of the molecule is C=C[C@@](C)(C#CC[NH+](CC)CC)OC(C)=O. The van der Waals surface area contributed by atoms with Gasteiger partial charge in [-0.1, -0.05) is 6.58 Å². The molecular weight excluding hydrogens is 202 g/mol. The van der Waals surface area contributed by atoms with Gasteiger partial charge in [0.1, 0.15) is 6.54 Å². The molecule has 0 aromatic heterocycles. The molecule has 0 radical (unpaired) electrons. The van der Waals surface area contributed by atoms with Gasteiger partial charge in [-0.25, -0.2) is 0 Å². The highest BCUT2D eigenvalue weighted by Gasteiger charge is 2.20. The van der Waals surface area contributed by atoms with Gasteiger partial charge in [0.2, 0.25) is 0 Å². The third-order valence-corrected chi connectivity index (χ3v) is 2.42. The molecule has 90 valence electrons. The van der Waals surface area contributed by atoms with Crippen molar-refractivity contribution < 1.29 is 14.4 Å². The molecule has 0 aliphatic carbocycles. The number of carbonyl (C=O) groups excluding carboxylic acids is 1. The zero-order chi connectivity index (χ0) is 12.6. The van der Waals surface area contributed by atoms with Crippen LogP contribution in [0.5, 0.6) is 0 Å². The molecule has 0 bridgehead atoms. The van der Waals surface area contributed by atoms with Crippen LogP contribution in [0.1, 0.15) is 27.7 Å². The number of nitrogens with one attached hydrogen (secondary N) is 1. The summed E-state index contributed by atoms with van der Waals surface area (Å²) in [5.41, 5.74) is -0.863. The van der Waals surface area contributed by atoms with E-state index in [1.54, 1.807) is 13.0 Å². The topological polar surface area (TPSA) is 30.7 Å². The third kappa shape index (κ3) is 5.57. The van der Waals surface area contributed by atoms with E-state index in [0.29, 0.717) is 0 Å². The van der Waals surface area contributed by atoms with Gasteiger partial charge in [0.15, 0.2) is 5.60 Å². The van der Waals surface area contributed by atoms with E-state index >= 15 is 0 Å². The Hall–Kier alpha value is -1.27. The summed E-state index contributed by atoms with van der Waals surface area (Å²) in [5.74, 6) is 5.65. The first-order valence-corrected chi connectivity index (χ1v) is 5.64. The van der Waals surface area contributed by atoms with Gasteiger partial charge >= 0.3 is 5.97 Å². The Kier molecular flexibility index (Phi) is 6.52. The number of hydrogen-bond acceptors (Lipinski definition) is 2. The van der Waals surface area contributed by atoms with Crippen molar-refractivity contribution in [2.24, 2.45) is 0 Å². The highest BCUT2D eigenvalue weighted by Crippen LogP contribution is 2.09. The minimum atomic E-state index is -0.863. The quantitative estimate of drug-likeness (QED) is 0.417. The predicted molar refractivity (Wildman–Crippen MR) is 65.1 cm³/mol. The standard InChI is InChI=1S/C13H21NO2/c1-6-13(5,16-12(4)15)10-9-11-14(7-2)8-3/h6H,1,7-8,11H2,2-5H3/p+1/t13-/m0/s1. The van der Waals surface area contributed by atoms with Crippen LogP contribution >= 0.6 is 0 Å². The van der Waals surface area contributed by atoms with Crippen LogP contribution in [0.3, 0.4) is 0 Å². The second-order valence-corrected chi connectivity index (χ2v) is 3.84. The van der Waals surface area contributed by atoms with E-state index in [0.717, 1.165) is 19.6 Å². The molecule has 0 saturated carbocycles. The van der Waals surface area contributed by atoms with E-state index in [1.807, 2.05) is 0 Å². The summed E-state index contributed by atoms with van der Waals surface area (Å²) in [5, 5.41) is 0. The van der Waals surface area contributed by atoms with Crippen molar-refractivity contribution >= 4 is 5.97 Å². The fourth-order valence-corrected chi connectivity index (χ4v) is 1.26. The molecule has 0 aromatic rings. The molecule has 0 spiro atoms. The van der Waals surface area contributed by atoms with Gasteiger partial charge in [-0.2, -0.15) is 0 Å². The van der Waals surface area contributed by atoms with Gasteiger partial charge in [-0.3, -0.25) is 4.79 Å². The second kappa shape index (κ2) is 7.08. The first-order valence-electron chi connectivity index (χ1n) is 5.64. The predicted octanol–water partition coefficient (Wildman–Crippen LogP) is 0.422. The minimum absolute atomic E-state index is 0.341. The van der Waals surface area contributed by atoms with Gasteiger partial charge in [0.05, 0.1) is 13.1 Å². The molecule has 0 aliphatic rings. The Labute approximate surface area is 98.5 Å². The number of quaternary nitrogens is 1. The van der Waals surface area contributed by atoms with Gasteiger partial charge in [0.25, 0.3) is 0 Å². The first-order chi connectivity index (χ1) is 7.47. The van der Waals surface area contributed by atoms with Crippen LogP contribution in [0.4, 0.5) is 0 Å². The Morgan fingerprint density at radius 1 is 1.50 bits per heavy atom. The molecule has 0 rings (SSSR count). The molecule has 16 heavy (non-hydrogen) atoms. The number of carbonyl (C=O) groups is 1. The lowest BCUT2D eigenvalue weighted by Gasteiger charge is -2.18. The summed E-state index contributed by atoms with van der Waals surface area (Å²) in [6.45, 7) is 13.9. The average Bonchev–Trinajstić information content (AvgIpc) is 2.23. The Balaban J connectivity index is 4.47. The van der Waals surface area contributed by atoms with Gasteiger partial charge in [-0.05, 0) is 38.7 Å². The van der Waals surface area contributed by atoms with Gasteiger partial charge < -0.3 is 9.64 Å². The summed E-state index contributed by atoms with van der Waals surface area (Å²) in [4.78, 5) is 12.3. The van der Waals surface area contributed by atoms with E-state index in [2.05, 4.69) is 32.3 Å². The summed E-state index contributed by atoms with van der Waals surface area (Å²) in [6, 6.07) is 0. The molecule has 0 unspecified atom stereocenters. The Morgan fingerprint density at radius 3 is 2.44 bits per heavy atom. The highest BCUT2D eigenvalue weighted by atomic mass is 16.6. The van der Waals surface area contributed by atoms with Crippen LogP contribution in [-0.4, -0.2) is 31.2 Å². The van der Waals surface area contributed by atoms with Crippen LogP contribution in [0, 0.1) is 11.8 Å². The zero-order valence-electron chi connectivity index (χ0n) is 10.7. The lowest BCUT2D eigenvalue weighted by molar-refractivity contribution is -0.889. The molecule has 0 fully saturated rings. The molecule has 3 nitrogen and oxygen atoms in total. The van der Waals surface area contributed by atoms with Crippen molar-refractivity contribution in [3.8, 4) is 11.8 Å². The van der Waals surface area contributed by atoms with Crippen LogP contribution < -0.4 is 4.90 Å². The number of hydrogen-bond donors (Lipinski definition) is 1. The minimum Gasteiger partial charge on any atom is -0.443 e. The highest BCUT2D eigenvalue weighted by molar-refractivity contribution is 5.67. The molecule has 0 saturated heterocycles. The van der Waals surface area contributed by atoms with E-state index in [4.69, 9.17) is 4.74 Å². The van der Waals surface area contributed by atoms with E-state index < -0.39 is 5.60 Å². The molecule has 1 atom stereocenters. The van der Waals surface area contributed by atoms with Crippen LogP contribution in [0.15, 0.2) is 12.7 Å². The third-order valence-electron chi connectivity index (χ3n) is 2.42. The summed E-state index contributed by atoms with van der Waals surface area (Å²) in [6.07, 6.45) is 1.55. The lowest BCUT2D eigenvalue weighted by atomic mass is 10.1. The molecular formula is C13H22NO2+. The smallest absolute Gasteiger partial charge is 0.304 e. The molecule has 0 aromatic carbocycles. The van der Waals surface area contributed by atoms with Crippen molar-refractivity contribution in [2.75, 3.05) is 19.6 Å². The molecule has 0 amide bonds. The van der Waals surface area contributed by atoms with Crippen molar-refractivity contribution in [2.45, 2.75) is 33.3 Å². The number of ether oxygens (including phenoxy) is 1. The average molecular weight is 224 g/mol. The monoisotopic (exact) mass is 224 g/mol. The fourth-order valence-electron chi connectivity index (χ4n) is 1.26. The molecule has 3 heteroatoms. The van der Waals surface area contributed by atoms with Crippen molar-refractivity contribution in [3.05, 3.63) is 12.7 Å². The van der Waals surface area contributed by atoms with E-state index in [9.17, 15) is 4.79 Å². The zero-order valence-corrected chi connectivity index (χ0v) is 10.7. The van der Waals surface area contributed by atoms with Crippen molar-refractivity contribution in [1.82, 2.24) is 0 Å². The largest absolute Gasteiger partial charge is 0.443 e. The fraction of sp³-hybridized carbons (Fsp3) is 0.615. The normalized spacial score (nSPS) is 13.6. The van der Waals surface area contributed by atoms with Crippen LogP contribution in [-0.2, 0) is 9.53 Å².